The highest BCUT2D eigenvalue weighted by Gasteiger charge is 2.20. The number of para-hydroxylation sites is 2. The number of methoxy groups -OCH3 is 1. The maximum absolute atomic E-state index is 11.9. The molecule has 0 fully saturated rings. The number of aliphatic carboxylic acids is 1. The van der Waals surface area contributed by atoms with Crippen molar-refractivity contribution in [2.45, 2.75) is 19.0 Å². The van der Waals surface area contributed by atoms with Crippen LogP contribution in [0.15, 0.2) is 79.0 Å². The Bertz CT molecular complexity index is 1480. The third-order valence-electron chi connectivity index (χ3n) is 5.82. The number of carboxylic acid groups (broad SMARTS) is 1. The molecule has 0 bridgehead atoms. The number of carbonyl (C=O) groups is 1. The second-order valence-electron chi connectivity index (χ2n) is 8.13. The largest absolute Gasteiger partial charge is 0.493 e. The first-order valence-electron chi connectivity index (χ1n) is 11.3. The van der Waals surface area contributed by atoms with Gasteiger partial charge in [-0.15, -0.1) is 0 Å². The van der Waals surface area contributed by atoms with E-state index in [4.69, 9.17) is 9.47 Å². The molecule has 0 radical (unpaired) electrons. The number of benzene rings is 3. The minimum absolute atomic E-state index is 0.190. The number of fused-ring (bicyclic) bond motifs is 1. The van der Waals surface area contributed by atoms with Gasteiger partial charge in [0.25, 0.3) is 0 Å². The van der Waals surface area contributed by atoms with Gasteiger partial charge >= 0.3 is 12.0 Å². The zero-order chi connectivity index (χ0) is 24.9. The molecule has 36 heavy (non-hydrogen) atoms. The molecule has 0 aliphatic carbocycles. The summed E-state index contributed by atoms with van der Waals surface area (Å²) in [4.78, 5) is 15.1. The van der Waals surface area contributed by atoms with Gasteiger partial charge in [0.2, 0.25) is 0 Å². The van der Waals surface area contributed by atoms with Gasteiger partial charge in [-0.3, -0.25) is 4.79 Å². The van der Waals surface area contributed by atoms with Crippen LogP contribution in [0.25, 0.3) is 16.6 Å². The van der Waals surface area contributed by atoms with Crippen LogP contribution in [0.4, 0.5) is 0 Å². The third kappa shape index (κ3) is 4.89. The molecule has 3 aromatic carbocycles. The minimum Gasteiger partial charge on any atom is -0.493 e. The van der Waals surface area contributed by atoms with Gasteiger partial charge < -0.3 is 24.9 Å². The SMILES string of the molecule is COc1cc(CN[C@@H](Cc2c[nH]c3ccccc23)C(=O)O)ccc1Oc1nnnn1-c1ccccc1. The Morgan fingerprint density at radius 3 is 2.69 bits per heavy atom. The van der Waals surface area contributed by atoms with Crippen molar-refractivity contribution < 1.29 is 19.4 Å². The quantitative estimate of drug-likeness (QED) is 0.274. The van der Waals surface area contributed by atoms with E-state index in [2.05, 4.69) is 25.8 Å². The number of ether oxygens (including phenoxy) is 2. The summed E-state index contributed by atoms with van der Waals surface area (Å²) in [6.45, 7) is 0.331. The number of carboxylic acids is 1. The number of nitrogens with one attached hydrogen (secondary N) is 2. The summed E-state index contributed by atoms with van der Waals surface area (Å²) in [5, 5.41) is 25.6. The highest BCUT2D eigenvalue weighted by molar-refractivity contribution is 5.84. The molecule has 0 spiro atoms. The summed E-state index contributed by atoms with van der Waals surface area (Å²) in [5.74, 6) is -0.0119. The first-order chi connectivity index (χ1) is 17.6. The smallest absolute Gasteiger partial charge is 0.346 e. The number of nitrogens with zero attached hydrogens (tertiary/aromatic N) is 4. The molecule has 3 N–H and O–H groups in total. The summed E-state index contributed by atoms with van der Waals surface area (Å²) in [7, 11) is 1.54. The molecule has 5 rings (SSSR count). The molecule has 2 aromatic heterocycles. The number of hydrogen-bond acceptors (Lipinski definition) is 7. The molecule has 0 aliphatic heterocycles. The lowest BCUT2D eigenvalue weighted by atomic mass is 10.0. The fourth-order valence-corrected chi connectivity index (χ4v) is 3.99. The van der Waals surface area contributed by atoms with E-state index in [-0.39, 0.29) is 6.01 Å². The Balaban J connectivity index is 1.29. The first kappa shape index (κ1) is 23.1. The normalized spacial score (nSPS) is 11.9. The maximum atomic E-state index is 11.9. The Morgan fingerprint density at radius 1 is 1.08 bits per heavy atom. The molecule has 0 aliphatic rings. The topological polar surface area (TPSA) is 127 Å². The predicted molar refractivity (Wildman–Crippen MR) is 132 cm³/mol. The van der Waals surface area contributed by atoms with Crippen LogP contribution in [0, 0.1) is 0 Å². The highest BCUT2D eigenvalue weighted by Crippen LogP contribution is 2.32. The lowest BCUT2D eigenvalue weighted by Crippen LogP contribution is -2.38. The zero-order valence-corrected chi connectivity index (χ0v) is 19.5. The number of rotatable bonds is 10. The molecule has 0 saturated carbocycles. The van der Waals surface area contributed by atoms with Crippen molar-refractivity contribution in [3.63, 3.8) is 0 Å². The summed E-state index contributed by atoms with van der Waals surface area (Å²) >= 11 is 0. The van der Waals surface area contributed by atoms with Gasteiger partial charge in [-0.05, 0) is 51.9 Å². The van der Waals surface area contributed by atoms with E-state index in [1.807, 2.05) is 66.9 Å². The van der Waals surface area contributed by atoms with Gasteiger partial charge in [0.05, 0.1) is 12.8 Å². The van der Waals surface area contributed by atoms with Gasteiger partial charge in [-0.2, -0.15) is 4.68 Å². The van der Waals surface area contributed by atoms with Crippen molar-refractivity contribution in [2.24, 2.45) is 0 Å². The molecule has 10 nitrogen and oxygen atoms in total. The van der Waals surface area contributed by atoms with Crippen molar-refractivity contribution in [1.29, 1.82) is 0 Å². The molecule has 0 amide bonds. The van der Waals surface area contributed by atoms with Crippen LogP contribution in [-0.2, 0) is 17.8 Å². The summed E-state index contributed by atoms with van der Waals surface area (Å²) in [6, 6.07) is 22.0. The lowest BCUT2D eigenvalue weighted by Gasteiger charge is -2.16. The third-order valence-corrected chi connectivity index (χ3v) is 5.82. The van der Waals surface area contributed by atoms with Gasteiger partial charge in [0.1, 0.15) is 6.04 Å². The van der Waals surface area contributed by atoms with Crippen LogP contribution in [0.2, 0.25) is 0 Å². The van der Waals surface area contributed by atoms with E-state index in [0.717, 1.165) is 27.7 Å². The van der Waals surface area contributed by atoms with E-state index >= 15 is 0 Å². The monoisotopic (exact) mass is 484 g/mol. The highest BCUT2D eigenvalue weighted by atomic mass is 16.5. The number of aromatic nitrogens is 5. The van der Waals surface area contributed by atoms with E-state index in [9.17, 15) is 9.90 Å². The first-order valence-corrected chi connectivity index (χ1v) is 11.3. The van der Waals surface area contributed by atoms with E-state index in [0.29, 0.717) is 24.5 Å². The molecule has 2 heterocycles. The fraction of sp³-hybridized carbons (Fsp3) is 0.154. The predicted octanol–water partition coefficient (Wildman–Crippen LogP) is 3.73. The molecule has 182 valence electrons. The molecule has 0 saturated heterocycles. The van der Waals surface area contributed by atoms with E-state index in [1.54, 1.807) is 12.1 Å². The zero-order valence-electron chi connectivity index (χ0n) is 19.5. The summed E-state index contributed by atoms with van der Waals surface area (Å²) in [5.41, 5.74) is 3.53. The van der Waals surface area contributed by atoms with Crippen molar-refractivity contribution in [2.75, 3.05) is 7.11 Å². The maximum Gasteiger partial charge on any atom is 0.346 e. The van der Waals surface area contributed by atoms with Crippen LogP contribution in [0.5, 0.6) is 17.5 Å². The molecule has 1 atom stereocenters. The average Bonchev–Trinajstić information content (AvgIpc) is 3.54. The van der Waals surface area contributed by atoms with E-state index < -0.39 is 12.0 Å². The van der Waals surface area contributed by atoms with Gasteiger partial charge in [0, 0.05) is 30.1 Å². The molecule has 0 unspecified atom stereocenters. The Hall–Kier alpha value is -4.70. The Labute approximate surface area is 206 Å². The van der Waals surface area contributed by atoms with Gasteiger partial charge in [-0.1, -0.05) is 47.6 Å². The van der Waals surface area contributed by atoms with Crippen LogP contribution in [0.3, 0.4) is 0 Å². The molecular formula is C26H24N6O4. The van der Waals surface area contributed by atoms with E-state index in [1.165, 1.54) is 11.8 Å². The summed E-state index contributed by atoms with van der Waals surface area (Å²) < 4.78 is 12.9. The van der Waals surface area contributed by atoms with Crippen LogP contribution in [-0.4, -0.2) is 49.4 Å². The second kappa shape index (κ2) is 10.3. The molecular weight excluding hydrogens is 460 g/mol. The Morgan fingerprint density at radius 2 is 1.89 bits per heavy atom. The number of aromatic amines is 1. The Kier molecular flexibility index (Phi) is 6.59. The standard InChI is InChI=1S/C26H24N6O4/c1-35-24-13-17(11-12-23(24)36-26-29-30-31-32(26)19-7-3-2-4-8-19)15-27-22(25(33)34)14-18-16-28-21-10-6-5-9-20(18)21/h2-13,16,22,27-28H,14-15H2,1H3,(H,33,34)/t22-/m0/s1. The van der Waals surface area contributed by atoms with Gasteiger partial charge in [0.15, 0.2) is 11.5 Å². The molecule has 5 aromatic rings. The minimum atomic E-state index is -0.917. The number of H-pyrrole nitrogens is 1. The number of hydrogen-bond donors (Lipinski definition) is 3. The van der Waals surface area contributed by atoms with Crippen LogP contribution in [0.1, 0.15) is 11.1 Å². The molecule has 10 heteroatoms. The number of tetrazole rings is 1. The van der Waals surface area contributed by atoms with Crippen LogP contribution < -0.4 is 14.8 Å². The fourth-order valence-electron chi connectivity index (χ4n) is 3.99. The van der Waals surface area contributed by atoms with Crippen molar-refractivity contribution >= 4 is 16.9 Å². The summed E-state index contributed by atoms with van der Waals surface area (Å²) in [6.07, 6.45) is 2.21. The van der Waals surface area contributed by atoms with Crippen molar-refractivity contribution in [1.82, 2.24) is 30.5 Å². The lowest BCUT2D eigenvalue weighted by molar-refractivity contribution is -0.139. The van der Waals surface area contributed by atoms with Crippen LogP contribution >= 0.6 is 0 Å². The second-order valence-corrected chi connectivity index (χ2v) is 8.13. The van der Waals surface area contributed by atoms with Crippen molar-refractivity contribution in [3.8, 4) is 23.2 Å². The average molecular weight is 485 g/mol. The van der Waals surface area contributed by atoms with Gasteiger partial charge in [-0.25, -0.2) is 0 Å². The van der Waals surface area contributed by atoms with Crippen molar-refractivity contribution in [3.05, 3.63) is 90.1 Å².